The van der Waals surface area contributed by atoms with Gasteiger partial charge >= 0.3 is 0 Å². The number of rotatable bonds is 13. The van der Waals surface area contributed by atoms with E-state index in [1.165, 1.54) is 143 Å². The fraction of sp³-hybridized carbons (Fsp3) is 0.00855. The number of benzene rings is 19. The van der Waals surface area contributed by atoms with Crippen molar-refractivity contribution in [1.29, 1.82) is 0 Å². The van der Waals surface area contributed by atoms with Gasteiger partial charge in [0, 0.05) is 77.6 Å². The van der Waals surface area contributed by atoms with Crippen LogP contribution in [-0.2, 0) is 0 Å². The normalized spacial score (nSPS) is 12.7. The van der Waals surface area contributed by atoms with Crippen LogP contribution >= 0.6 is 0 Å². The van der Waals surface area contributed by atoms with Gasteiger partial charge in [-0.15, -0.1) is 0 Å². The van der Waals surface area contributed by atoms with Gasteiger partial charge in [-0.05, 0) is 256 Å². The van der Waals surface area contributed by atoms with E-state index in [-0.39, 0.29) is 5.92 Å². The molecule has 0 N–H and O–H groups in total. The Kier molecular flexibility index (Phi) is 15.7. The van der Waals surface area contributed by atoms with Gasteiger partial charge in [0.15, 0.2) is 5.82 Å². The molecule has 0 spiro atoms. The van der Waals surface area contributed by atoms with E-state index >= 15 is 0 Å². The molecule has 0 amide bonds. The quantitative estimate of drug-likeness (QED) is 0.115. The molecule has 4 heterocycles. The van der Waals surface area contributed by atoms with E-state index in [1.54, 1.807) is 0 Å². The lowest BCUT2D eigenvalue weighted by Gasteiger charge is -2.15. The Morgan fingerprint density at radius 2 is 0.508 bits per heavy atom. The highest BCUT2D eigenvalue weighted by Gasteiger charge is 2.33. The minimum atomic E-state index is 0.135. The van der Waals surface area contributed by atoms with E-state index in [9.17, 15) is 0 Å². The van der Waals surface area contributed by atoms with Crippen molar-refractivity contribution in [1.82, 2.24) is 23.7 Å². The second-order valence-electron chi connectivity index (χ2n) is 32.6. The fourth-order valence-corrected chi connectivity index (χ4v) is 20.2. The third-order valence-corrected chi connectivity index (χ3v) is 25.9. The summed E-state index contributed by atoms with van der Waals surface area (Å²) >= 11 is 0. The average Bonchev–Trinajstić information content (AvgIpc) is 1.56. The van der Waals surface area contributed by atoms with Crippen LogP contribution in [0.4, 0.5) is 0 Å². The molecule has 2 aliphatic rings. The van der Waals surface area contributed by atoms with Crippen molar-refractivity contribution in [3.05, 3.63) is 453 Å². The molecule has 2 aliphatic carbocycles. The van der Waals surface area contributed by atoms with Gasteiger partial charge in [-0.3, -0.25) is 0 Å². The SMILES string of the molecule is c1ccc(-c2ccc3c(c2)-c2cc(-c4ccc5c(c4)c4cc(-c6ccccc6)ccc4n5-c4ccc(-c5nc(-c6cccc(-n7c8ccc(-c9ccccc9)cc8c8cc(-c9ccc%10c(c9)c9cc(-c%11ccccc%11)ccc9n%10-c9ccccc9)ccc87)c6)c6c(n5)-c5cccc7c(-c8ccccc8)ccc-6c57)cc4)ccc2C3c2ccccc2)cc1. The topological polar surface area (TPSA) is 40.6 Å². The summed E-state index contributed by atoms with van der Waals surface area (Å²) in [4.78, 5) is 11.6. The Labute approximate surface area is 705 Å². The van der Waals surface area contributed by atoms with Crippen LogP contribution in [0.1, 0.15) is 22.6 Å². The maximum absolute atomic E-state index is 5.86. The van der Waals surface area contributed by atoms with Crippen LogP contribution < -0.4 is 0 Å². The zero-order valence-corrected chi connectivity index (χ0v) is 66.4. The zero-order valence-electron chi connectivity index (χ0n) is 66.4. The minimum Gasteiger partial charge on any atom is -0.309 e. The zero-order chi connectivity index (χ0) is 80.0. The van der Waals surface area contributed by atoms with Gasteiger partial charge < -0.3 is 13.7 Å². The van der Waals surface area contributed by atoms with E-state index in [0.29, 0.717) is 5.82 Å². The monoisotopic (exact) mass is 1550 g/mol. The average molecular weight is 1550 g/mol. The Morgan fingerprint density at radius 3 is 0.959 bits per heavy atom. The summed E-state index contributed by atoms with van der Waals surface area (Å²) in [7, 11) is 0. The van der Waals surface area contributed by atoms with Gasteiger partial charge in [0.05, 0.1) is 44.5 Å². The molecule has 1 atom stereocenters. The molecule has 1 unspecified atom stereocenters. The summed E-state index contributed by atoms with van der Waals surface area (Å²) < 4.78 is 7.31. The van der Waals surface area contributed by atoms with Crippen molar-refractivity contribution in [3.63, 3.8) is 0 Å². The summed E-state index contributed by atoms with van der Waals surface area (Å²) in [6.45, 7) is 0. The number of fused-ring (bicyclic) bond motifs is 15. The number of hydrogen-bond acceptors (Lipinski definition) is 2. The lowest BCUT2D eigenvalue weighted by atomic mass is 9.88. The van der Waals surface area contributed by atoms with Crippen molar-refractivity contribution in [2.75, 3.05) is 0 Å². The smallest absolute Gasteiger partial charge is 0.160 e. The molecular weight excluding hydrogens is 1480 g/mol. The van der Waals surface area contributed by atoms with E-state index in [0.717, 1.165) is 95.0 Å². The second-order valence-corrected chi connectivity index (χ2v) is 32.6. The number of aromatic nitrogens is 5. The van der Waals surface area contributed by atoms with Gasteiger partial charge in [-0.1, -0.05) is 303 Å². The van der Waals surface area contributed by atoms with E-state index in [2.05, 4.69) is 450 Å². The van der Waals surface area contributed by atoms with Crippen molar-refractivity contribution in [2.45, 2.75) is 5.92 Å². The Balaban J connectivity index is 0.631. The summed E-state index contributed by atoms with van der Waals surface area (Å²) in [5, 5.41) is 9.52. The second kappa shape index (κ2) is 27.8. The van der Waals surface area contributed by atoms with Crippen LogP contribution in [-0.4, -0.2) is 23.7 Å². The molecule has 25 rings (SSSR count). The van der Waals surface area contributed by atoms with Crippen LogP contribution in [0.15, 0.2) is 437 Å². The van der Waals surface area contributed by atoms with Crippen LogP contribution in [0.25, 0.3) is 227 Å². The first-order chi connectivity index (χ1) is 60.5. The van der Waals surface area contributed by atoms with Crippen molar-refractivity contribution >= 4 is 76.2 Å². The molecule has 19 aromatic carbocycles. The summed E-state index contributed by atoms with van der Waals surface area (Å²) in [6.07, 6.45) is 0. The molecule has 0 saturated carbocycles. The van der Waals surface area contributed by atoms with Crippen molar-refractivity contribution in [2.24, 2.45) is 0 Å². The third kappa shape index (κ3) is 11.1. The highest BCUT2D eigenvalue weighted by molar-refractivity contribution is 6.21. The molecule has 0 aliphatic heterocycles. The molecule has 0 radical (unpaired) electrons. The lowest BCUT2D eigenvalue weighted by molar-refractivity contribution is 1.02. The molecule has 122 heavy (non-hydrogen) atoms. The Hall–Kier alpha value is -16.1. The van der Waals surface area contributed by atoms with Crippen LogP contribution in [0.5, 0.6) is 0 Å². The van der Waals surface area contributed by atoms with E-state index < -0.39 is 0 Å². The first kappa shape index (κ1) is 69.1. The predicted molar refractivity (Wildman–Crippen MR) is 509 cm³/mol. The molecular formula is C117H73N5. The molecule has 566 valence electrons. The highest BCUT2D eigenvalue weighted by atomic mass is 15.0. The summed E-state index contributed by atoms with van der Waals surface area (Å²) in [5.74, 6) is 0.791. The van der Waals surface area contributed by atoms with Gasteiger partial charge in [-0.25, -0.2) is 9.97 Å². The fourth-order valence-electron chi connectivity index (χ4n) is 20.2. The third-order valence-electron chi connectivity index (χ3n) is 25.9. The van der Waals surface area contributed by atoms with Crippen LogP contribution in [0, 0.1) is 0 Å². The molecule has 4 aromatic heterocycles. The molecule has 0 fully saturated rings. The molecule has 23 aromatic rings. The summed E-state index contributed by atoms with van der Waals surface area (Å²) in [5.41, 5.74) is 40.1. The predicted octanol–water partition coefficient (Wildman–Crippen LogP) is 30.7. The highest BCUT2D eigenvalue weighted by Crippen LogP contribution is 2.55. The molecule has 5 heteroatoms. The van der Waals surface area contributed by atoms with Crippen LogP contribution in [0.2, 0.25) is 0 Å². The number of hydrogen-bond donors (Lipinski definition) is 0. The van der Waals surface area contributed by atoms with Crippen LogP contribution in [0.3, 0.4) is 0 Å². The minimum absolute atomic E-state index is 0.135. The maximum atomic E-state index is 5.86. The Bertz CT molecular complexity index is 8190. The van der Waals surface area contributed by atoms with Crippen molar-refractivity contribution in [3.8, 4) is 151 Å². The van der Waals surface area contributed by atoms with Gasteiger partial charge in [0.2, 0.25) is 0 Å². The molecule has 5 nitrogen and oxygen atoms in total. The van der Waals surface area contributed by atoms with Gasteiger partial charge in [0.1, 0.15) is 0 Å². The van der Waals surface area contributed by atoms with E-state index in [4.69, 9.17) is 9.97 Å². The maximum Gasteiger partial charge on any atom is 0.160 e. The Morgan fingerprint density at radius 1 is 0.180 bits per heavy atom. The summed E-state index contributed by atoms with van der Waals surface area (Å²) in [6, 6.07) is 161. The lowest BCUT2D eigenvalue weighted by Crippen LogP contribution is -2.00. The number of nitrogens with zero attached hydrogens (tertiary/aromatic N) is 5. The van der Waals surface area contributed by atoms with Crippen molar-refractivity contribution < 1.29 is 0 Å². The first-order valence-electron chi connectivity index (χ1n) is 42.1. The van der Waals surface area contributed by atoms with Gasteiger partial charge in [0.25, 0.3) is 0 Å². The van der Waals surface area contributed by atoms with E-state index in [1.807, 2.05) is 0 Å². The standard InChI is InChI=1S/C117H73N5/c1-8-24-73(25-9-1)80-44-54-94-98(65-80)99-66-84(45-55-95(99)112(94)78-34-18-6-19-35-78)85-49-62-109-104(70-85)101-68-82(75-28-12-3-13-29-75)47-59-108(101)121(109)90-52-42-79(43-53-90)117-118-115(114-96-57-56-92(77-32-16-5-17-33-77)93-40-23-41-97(113(93)96)116(114)119-117)88-36-22-39-91(64-88)122-110-60-48-83(76-30-14-4-15-31-76)69-102(110)105-72-87(51-63-111(105)122)86-50-61-107-103(71-86)100-67-81(74-26-10-2-11-27-74)46-58-106(100)120(107)89-37-20-7-21-38-89/h1-72,112H. The molecule has 0 saturated heterocycles. The molecule has 0 bridgehead atoms. The van der Waals surface area contributed by atoms with Gasteiger partial charge in [-0.2, -0.15) is 0 Å². The number of para-hydroxylation sites is 1. The first-order valence-corrected chi connectivity index (χ1v) is 42.1. The largest absolute Gasteiger partial charge is 0.309 e.